The second-order valence-corrected chi connectivity index (χ2v) is 6.60. The fraction of sp³-hybridized carbons (Fsp3) is 0.500. The van der Waals surface area contributed by atoms with Crippen molar-refractivity contribution >= 4 is 21.1 Å². The van der Waals surface area contributed by atoms with E-state index in [9.17, 15) is 8.42 Å². The summed E-state index contributed by atoms with van der Waals surface area (Å²) >= 11 is 0. The van der Waals surface area contributed by atoms with Crippen molar-refractivity contribution in [1.29, 1.82) is 0 Å². The fourth-order valence-electron chi connectivity index (χ4n) is 2.26. The highest BCUT2D eigenvalue weighted by molar-refractivity contribution is 7.89. The zero-order valence-electron chi connectivity index (χ0n) is 11.6. The van der Waals surface area contributed by atoms with Gasteiger partial charge in [-0.15, -0.1) is 0 Å². The first-order valence-corrected chi connectivity index (χ1v) is 8.16. The predicted molar refractivity (Wildman–Crippen MR) is 76.3 cm³/mol. The van der Waals surface area contributed by atoms with Gasteiger partial charge in [0.2, 0.25) is 10.0 Å². The molecule has 21 heavy (non-hydrogen) atoms. The molecule has 1 saturated heterocycles. The highest BCUT2D eigenvalue weighted by Gasteiger charge is 2.22. The third-order valence-corrected chi connectivity index (χ3v) is 4.72. The van der Waals surface area contributed by atoms with Gasteiger partial charge in [0.05, 0.1) is 12.7 Å². The lowest BCUT2D eigenvalue weighted by Gasteiger charge is -2.23. The van der Waals surface area contributed by atoms with Crippen LogP contribution in [0.4, 0.5) is 0 Å². The first-order valence-electron chi connectivity index (χ1n) is 6.68. The van der Waals surface area contributed by atoms with Gasteiger partial charge in [-0.05, 0) is 12.1 Å². The Morgan fingerprint density at radius 2 is 2.33 bits per heavy atom. The average Bonchev–Trinajstić information content (AvgIpc) is 2.86. The van der Waals surface area contributed by atoms with Crippen molar-refractivity contribution in [3.8, 4) is 0 Å². The number of nitrogens with zero attached hydrogens (tertiary/aromatic N) is 3. The summed E-state index contributed by atoms with van der Waals surface area (Å²) in [7, 11) is -1.99. The van der Waals surface area contributed by atoms with Gasteiger partial charge < -0.3 is 10.1 Å². The molecule has 0 bridgehead atoms. The van der Waals surface area contributed by atoms with Crippen LogP contribution < -0.4 is 10.0 Å². The largest absolute Gasteiger partial charge is 0.374 e. The van der Waals surface area contributed by atoms with Gasteiger partial charge in [-0.1, -0.05) is 6.07 Å². The van der Waals surface area contributed by atoms with Gasteiger partial charge in [0, 0.05) is 26.7 Å². The molecule has 0 radical (unpaired) electrons. The minimum absolute atomic E-state index is 0.136. The lowest BCUT2D eigenvalue weighted by atomic mass is 10.3. The summed E-state index contributed by atoms with van der Waals surface area (Å²) < 4.78 is 32.9. The molecule has 1 aromatic carbocycles. The average molecular weight is 311 g/mol. The molecule has 0 amide bonds. The van der Waals surface area contributed by atoms with E-state index in [0.29, 0.717) is 24.2 Å². The number of nitrogens with one attached hydrogen (secondary N) is 2. The molecule has 1 fully saturated rings. The van der Waals surface area contributed by atoms with Crippen molar-refractivity contribution in [3.05, 3.63) is 18.2 Å². The number of morpholine rings is 1. The Morgan fingerprint density at radius 3 is 3.10 bits per heavy atom. The first kappa shape index (κ1) is 14.4. The van der Waals surface area contributed by atoms with E-state index in [2.05, 4.69) is 20.2 Å². The maximum Gasteiger partial charge on any atom is 0.242 e. The number of aryl methyl sites for hydroxylation is 1. The second-order valence-electron chi connectivity index (χ2n) is 4.86. The standard InChI is InChI=1S/C12H17N5O3S/c1-17-15-10-3-2-4-11(12(10)16-17)21(18,19)14-8-9-7-13-5-6-20-9/h2-4,9,13-14H,5-8H2,1H3. The van der Waals surface area contributed by atoms with E-state index in [0.717, 1.165) is 6.54 Å². The quantitative estimate of drug-likeness (QED) is 0.770. The maximum absolute atomic E-state index is 12.4. The molecule has 0 saturated carbocycles. The van der Waals surface area contributed by atoms with Gasteiger partial charge in [-0.3, -0.25) is 0 Å². The summed E-state index contributed by atoms with van der Waals surface area (Å²) in [5.41, 5.74) is 0.922. The second kappa shape index (κ2) is 5.68. The van der Waals surface area contributed by atoms with Crippen molar-refractivity contribution < 1.29 is 13.2 Å². The van der Waals surface area contributed by atoms with Gasteiger partial charge in [-0.2, -0.15) is 15.0 Å². The Bertz CT molecular complexity index is 736. The van der Waals surface area contributed by atoms with Gasteiger partial charge in [0.15, 0.2) is 0 Å². The van der Waals surface area contributed by atoms with Crippen LogP contribution in [-0.4, -0.2) is 55.8 Å². The van der Waals surface area contributed by atoms with Crippen LogP contribution in [0, 0.1) is 0 Å². The zero-order valence-corrected chi connectivity index (χ0v) is 12.4. The molecule has 2 N–H and O–H groups in total. The fourth-order valence-corrected chi connectivity index (χ4v) is 3.48. The maximum atomic E-state index is 12.4. The zero-order chi connectivity index (χ0) is 14.9. The summed E-state index contributed by atoms with van der Waals surface area (Å²) in [5, 5.41) is 11.4. The smallest absolute Gasteiger partial charge is 0.242 e. The highest BCUT2D eigenvalue weighted by atomic mass is 32.2. The minimum atomic E-state index is -3.65. The number of benzene rings is 1. The number of fused-ring (bicyclic) bond motifs is 1. The van der Waals surface area contributed by atoms with Crippen molar-refractivity contribution in [2.24, 2.45) is 7.05 Å². The van der Waals surface area contributed by atoms with E-state index in [4.69, 9.17) is 4.74 Å². The minimum Gasteiger partial charge on any atom is -0.374 e. The van der Waals surface area contributed by atoms with E-state index in [-0.39, 0.29) is 17.5 Å². The lowest BCUT2D eigenvalue weighted by Crippen LogP contribution is -2.45. The number of ether oxygens (including phenoxy) is 1. The van der Waals surface area contributed by atoms with E-state index in [1.54, 1.807) is 19.2 Å². The molecule has 1 aliphatic heterocycles. The molecule has 2 heterocycles. The van der Waals surface area contributed by atoms with E-state index in [1.807, 2.05) is 0 Å². The SMILES string of the molecule is Cn1nc2cccc(S(=O)(=O)NCC3CNCCO3)c2n1. The van der Waals surface area contributed by atoms with Gasteiger partial charge in [0.25, 0.3) is 0 Å². The Hall–Kier alpha value is -1.55. The molecule has 2 aromatic rings. The number of hydrogen-bond acceptors (Lipinski definition) is 6. The normalized spacial score (nSPS) is 20.0. The van der Waals surface area contributed by atoms with Crippen LogP contribution in [0.15, 0.2) is 23.1 Å². The molecule has 1 aromatic heterocycles. The summed E-state index contributed by atoms with van der Waals surface area (Å²) in [4.78, 5) is 1.49. The van der Waals surface area contributed by atoms with E-state index < -0.39 is 10.0 Å². The molecule has 9 heteroatoms. The Labute approximate surface area is 122 Å². The van der Waals surface area contributed by atoms with Crippen molar-refractivity contribution in [2.45, 2.75) is 11.0 Å². The number of aromatic nitrogens is 3. The van der Waals surface area contributed by atoms with Gasteiger partial charge in [0.1, 0.15) is 15.9 Å². The predicted octanol–water partition coefficient (Wildman–Crippen LogP) is -0.765. The molecule has 3 rings (SSSR count). The molecule has 114 valence electrons. The number of hydrogen-bond donors (Lipinski definition) is 2. The monoisotopic (exact) mass is 311 g/mol. The van der Waals surface area contributed by atoms with Crippen LogP contribution in [0.25, 0.3) is 11.0 Å². The summed E-state index contributed by atoms with van der Waals surface area (Å²) in [6, 6.07) is 4.92. The Morgan fingerprint density at radius 1 is 1.48 bits per heavy atom. The van der Waals surface area contributed by atoms with Gasteiger partial charge >= 0.3 is 0 Å². The molecular weight excluding hydrogens is 294 g/mol. The van der Waals surface area contributed by atoms with Crippen LogP contribution >= 0.6 is 0 Å². The summed E-state index contributed by atoms with van der Waals surface area (Å²) in [6.45, 7) is 2.25. The first-order chi connectivity index (χ1) is 10.1. The summed E-state index contributed by atoms with van der Waals surface area (Å²) in [5.74, 6) is 0. The van der Waals surface area contributed by atoms with E-state index >= 15 is 0 Å². The van der Waals surface area contributed by atoms with Crippen LogP contribution in [-0.2, 0) is 21.8 Å². The van der Waals surface area contributed by atoms with Crippen LogP contribution in [0.3, 0.4) is 0 Å². The highest BCUT2D eigenvalue weighted by Crippen LogP contribution is 2.19. The van der Waals surface area contributed by atoms with Crippen LogP contribution in [0.5, 0.6) is 0 Å². The van der Waals surface area contributed by atoms with Gasteiger partial charge in [-0.25, -0.2) is 13.1 Å². The molecule has 0 aliphatic carbocycles. The van der Waals surface area contributed by atoms with E-state index in [1.165, 1.54) is 10.9 Å². The molecule has 1 aliphatic rings. The Balaban J connectivity index is 1.82. The number of sulfonamides is 1. The van der Waals surface area contributed by atoms with Crippen molar-refractivity contribution in [2.75, 3.05) is 26.2 Å². The Kier molecular flexibility index (Phi) is 3.89. The lowest BCUT2D eigenvalue weighted by molar-refractivity contribution is 0.0324. The molecule has 0 spiro atoms. The van der Waals surface area contributed by atoms with Crippen molar-refractivity contribution in [3.63, 3.8) is 0 Å². The number of rotatable bonds is 4. The third kappa shape index (κ3) is 3.05. The molecular formula is C12H17N5O3S. The molecule has 8 nitrogen and oxygen atoms in total. The van der Waals surface area contributed by atoms with Crippen LogP contribution in [0.2, 0.25) is 0 Å². The molecule has 1 atom stereocenters. The van der Waals surface area contributed by atoms with Crippen LogP contribution in [0.1, 0.15) is 0 Å². The third-order valence-electron chi connectivity index (χ3n) is 3.27. The van der Waals surface area contributed by atoms with Crippen molar-refractivity contribution in [1.82, 2.24) is 25.0 Å². The summed E-state index contributed by atoms with van der Waals surface area (Å²) in [6.07, 6.45) is -0.158. The topological polar surface area (TPSA) is 98.1 Å². The molecule has 1 unspecified atom stereocenters.